The highest BCUT2D eigenvalue weighted by Gasteiger charge is 2.27. The normalized spacial score (nSPS) is 15.2. The summed E-state index contributed by atoms with van der Waals surface area (Å²) in [6, 6.07) is 14.0. The van der Waals surface area contributed by atoms with Gasteiger partial charge in [-0.2, -0.15) is 10.2 Å². The summed E-state index contributed by atoms with van der Waals surface area (Å²) >= 11 is 6.55. The van der Waals surface area contributed by atoms with Crippen LogP contribution in [-0.2, 0) is 16.9 Å². The molecule has 5 aromatic rings. The fourth-order valence-electron chi connectivity index (χ4n) is 5.30. The SMILES string of the molecule is Cc1c(Cl)ccc2c(-c3cccc4nn(C)cc34)nn(-c3ccc(N4CCC(S(C)(=O)=O)CC4)nc3)c12. The van der Waals surface area contributed by atoms with Gasteiger partial charge < -0.3 is 4.90 Å². The number of fused-ring (bicyclic) bond motifs is 2. The van der Waals surface area contributed by atoms with E-state index in [0.717, 1.165) is 50.1 Å². The van der Waals surface area contributed by atoms with Crippen LogP contribution in [0.5, 0.6) is 0 Å². The molecule has 3 aromatic heterocycles. The number of nitrogens with zero attached hydrogens (tertiary/aromatic N) is 6. The third kappa shape index (κ3) is 4.16. The van der Waals surface area contributed by atoms with E-state index in [-0.39, 0.29) is 5.25 Å². The van der Waals surface area contributed by atoms with Gasteiger partial charge in [0.2, 0.25) is 0 Å². The molecule has 2 aromatic carbocycles. The van der Waals surface area contributed by atoms with Crippen LogP contribution in [0.15, 0.2) is 54.9 Å². The van der Waals surface area contributed by atoms with Crippen molar-refractivity contribution in [1.29, 1.82) is 0 Å². The second kappa shape index (κ2) is 8.85. The largest absolute Gasteiger partial charge is 0.357 e. The van der Waals surface area contributed by atoms with Crippen LogP contribution in [0.3, 0.4) is 0 Å². The van der Waals surface area contributed by atoms with Crippen molar-refractivity contribution in [3.05, 3.63) is 65.4 Å². The molecule has 4 heterocycles. The number of aryl methyl sites for hydroxylation is 2. The number of anilines is 1. The van der Waals surface area contributed by atoms with Crippen LogP contribution in [0, 0.1) is 6.92 Å². The van der Waals surface area contributed by atoms with Crippen molar-refractivity contribution in [1.82, 2.24) is 24.5 Å². The van der Waals surface area contributed by atoms with Gasteiger partial charge in [0.1, 0.15) is 21.3 Å². The monoisotopic (exact) mass is 534 g/mol. The lowest BCUT2D eigenvalue weighted by atomic mass is 10.0. The number of hydrogen-bond donors (Lipinski definition) is 0. The number of benzene rings is 2. The molecule has 37 heavy (non-hydrogen) atoms. The molecule has 0 amide bonds. The Kier molecular flexibility index (Phi) is 5.72. The Morgan fingerprint density at radius 2 is 1.78 bits per heavy atom. The van der Waals surface area contributed by atoms with Crippen molar-refractivity contribution in [2.24, 2.45) is 7.05 Å². The summed E-state index contributed by atoms with van der Waals surface area (Å²) in [6.45, 7) is 3.34. The first-order valence-corrected chi connectivity index (χ1v) is 14.5. The zero-order valence-electron chi connectivity index (χ0n) is 20.9. The Hall–Kier alpha value is -3.43. The predicted molar refractivity (Wildman–Crippen MR) is 148 cm³/mol. The van der Waals surface area contributed by atoms with E-state index in [9.17, 15) is 8.42 Å². The van der Waals surface area contributed by atoms with Gasteiger partial charge in [-0.05, 0) is 55.7 Å². The van der Waals surface area contributed by atoms with Crippen LogP contribution in [0.2, 0.25) is 5.02 Å². The molecule has 1 aliphatic heterocycles. The van der Waals surface area contributed by atoms with E-state index >= 15 is 0 Å². The summed E-state index contributed by atoms with van der Waals surface area (Å²) in [5.74, 6) is 0.835. The highest BCUT2D eigenvalue weighted by molar-refractivity contribution is 7.91. The summed E-state index contributed by atoms with van der Waals surface area (Å²) in [6.07, 6.45) is 6.40. The summed E-state index contributed by atoms with van der Waals surface area (Å²) in [5, 5.41) is 12.1. The van der Waals surface area contributed by atoms with Crippen LogP contribution in [0.1, 0.15) is 18.4 Å². The van der Waals surface area contributed by atoms with Crippen molar-refractivity contribution in [3.63, 3.8) is 0 Å². The maximum atomic E-state index is 11.9. The number of hydrogen-bond acceptors (Lipinski definition) is 6. The van der Waals surface area contributed by atoms with Crippen molar-refractivity contribution >= 4 is 49.1 Å². The van der Waals surface area contributed by atoms with Crippen molar-refractivity contribution in [3.8, 4) is 16.9 Å². The minimum Gasteiger partial charge on any atom is -0.357 e. The van der Waals surface area contributed by atoms with Gasteiger partial charge in [-0.3, -0.25) is 4.68 Å². The Morgan fingerprint density at radius 3 is 2.49 bits per heavy atom. The van der Waals surface area contributed by atoms with Gasteiger partial charge in [0, 0.05) is 53.9 Å². The second-order valence-electron chi connectivity index (χ2n) is 9.76. The molecule has 0 aliphatic carbocycles. The van der Waals surface area contributed by atoms with Gasteiger partial charge in [-0.25, -0.2) is 18.1 Å². The molecule has 8 nitrogen and oxygen atoms in total. The van der Waals surface area contributed by atoms with E-state index in [1.54, 1.807) is 0 Å². The van der Waals surface area contributed by atoms with E-state index < -0.39 is 9.84 Å². The van der Waals surface area contributed by atoms with Crippen molar-refractivity contribution in [2.45, 2.75) is 25.0 Å². The average Bonchev–Trinajstić information content (AvgIpc) is 3.46. The lowest BCUT2D eigenvalue weighted by molar-refractivity contribution is 0.532. The molecule has 1 saturated heterocycles. The number of rotatable bonds is 4. The Balaban J connectivity index is 1.42. The average molecular weight is 535 g/mol. The summed E-state index contributed by atoms with van der Waals surface area (Å²) in [7, 11) is -1.09. The molecule has 1 fully saturated rings. The highest BCUT2D eigenvalue weighted by Crippen LogP contribution is 2.37. The summed E-state index contributed by atoms with van der Waals surface area (Å²) < 4.78 is 27.5. The van der Waals surface area contributed by atoms with Gasteiger partial charge in [0.15, 0.2) is 0 Å². The molecular weight excluding hydrogens is 508 g/mol. The topological polar surface area (TPSA) is 85.9 Å². The maximum absolute atomic E-state index is 11.9. The molecule has 0 N–H and O–H groups in total. The Morgan fingerprint density at radius 1 is 1.00 bits per heavy atom. The highest BCUT2D eigenvalue weighted by atomic mass is 35.5. The number of aromatic nitrogens is 5. The lowest BCUT2D eigenvalue weighted by Gasteiger charge is -2.31. The maximum Gasteiger partial charge on any atom is 0.150 e. The molecule has 6 rings (SSSR count). The van der Waals surface area contributed by atoms with Gasteiger partial charge in [0.05, 0.1) is 28.2 Å². The number of sulfone groups is 1. The predicted octanol–water partition coefficient (Wildman–Crippen LogP) is 4.95. The quantitative estimate of drug-likeness (QED) is 0.324. The lowest BCUT2D eigenvalue weighted by Crippen LogP contribution is -2.39. The molecule has 0 spiro atoms. The Labute approximate surface area is 220 Å². The summed E-state index contributed by atoms with van der Waals surface area (Å²) in [4.78, 5) is 6.87. The Bertz CT molecular complexity index is 1750. The van der Waals surface area contributed by atoms with E-state index in [1.807, 2.05) is 72.1 Å². The minimum absolute atomic E-state index is 0.270. The van der Waals surface area contributed by atoms with E-state index in [4.69, 9.17) is 21.7 Å². The fourth-order valence-corrected chi connectivity index (χ4v) is 6.52. The third-order valence-electron chi connectivity index (χ3n) is 7.30. The van der Waals surface area contributed by atoms with E-state index in [1.165, 1.54) is 6.26 Å². The van der Waals surface area contributed by atoms with E-state index in [0.29, 0.717) is 31.0 Å². The van der Waals surface area contributed by atoms with Crippen LogP contribution >= 0.6 is 11.6 Å². The van der Waals surface area contributed by atoms with Crippen molar-refractivity contribution in [2.75, 3.05) is 24.2 Å². The fraction of sp³-hybridized carbons (Fsp3) is 0.296. The first-order chi connectivity index (χ1) is 17.7. The zero-order chi connectivity index (χ0) is 25.9. The van der Waals surface area contributed by atoms with Crippen LogP contribution in [0.25, 0.3) is 38.8 Å². The zero-order valence-corrected chi connectivity index (χ0v) is 22.5. The number of piperidine rings is 1. The summed E-state index contributed by atoms with van der Waals surface area (Å²) in [5.41, 5.74) is 5.50. The molecular formula is C27H27ClN6O2S. The first kappa shape index (κ1) is 23.9. The minimum atomic E-state index is -3.01. The second-order valence-corrected chi connectivity index (χ2v) is 12.5. The molecule has 10 heteroatoms. The van der Waals surface area contributed by atoms with Gasteiger partial charge in [-0.1, -0.05) is 23.7 Å². The number of halogens is 1. The molecule has 0 radical (unpaired) electrons. The smallest absolute Gasteiger partial charge is 0.150 e. The van der Waals surface area contributed by atoms with Crippen LogP contribution < -0.4 is 4.90 Å². The molecule has 0 bridgehead atoms. The van der Waals surface area contributed by atoms with Crippen molar-refractivity contribution < 1.29 is 8.42 Å². The van der Waals surface area contributed by atoms with Gasteiger partial charge >= 0.3 is 0 Å². The molecule has 0 atom stereocenters. The third-order valence-corrected chi connectivity index (χ3v) is 9.39. The van der Waals surface area contributed by atoms with Crippen LogP contribution in [0.4, 0.5) is 5.82 Å². The van der Waals surface area contributed by atoms with E-state index in [2.05, 4.69) is 16.1 Å². The van der Waals surface area contributed by atoms with Crippen LogP contribution in [-0.4, -0.2) is 57.6 Å². The standard InChI is InChI=1S/C27H27ClN6O2S/c1-17-23(28)9-8-21-26(20-5-4-6-24-22(20)16-32(2)30-24)31-34(27(17)21)18-7-10-25(29-15-18)33-13-11-19(12-14-33)37(3,35)36/h4-10,15-16,19H,11-14H2,1-3H3. The molecule has 190 valence electrons. The van der Waals surface area contributed by atoms with Gasteiger partial charge in [-0.15, -0.1) is 0 Å². The molecule has 1 aliphatic rings. The number of pyridine rings is 1. The molecule has 0 unspecified atom stereocenters. The molecule has 0 saturated carbocycles. The van der Waals surface area contributed by atoms with Gasteiger partial charge in [0.25, 0.3) is 0 Å². The first-order valence-electron chi connectivity index (χ1n) is 12.2.